The van der Waals surface area contributed by atoms with Crippen LogP contribution in [0.25, 0.3) is 11.1 Å². The normalized spacial score (nSPS) is 12.1. The first-order valence-corrected chi connectivity index (χ1v) is 17.6. The van der Waals surface area contributed by atoms with Crippen molar-refractivity contribution in [1.82, 2.24) is 5.32 Å². The molecule has 3 rings (SSSR count). The molecular formula is C37H55NO12. The molecule has 1 amide bonds. The van der Waals surface area contributed by atoms with Crippen LogP contribution in [0, 0.1) is 0 Å². The van der Waals surface area contributed by atoms with Crippen LogP contribution in [0.1, 0.15) is 36.8 Å². The van der Waals surface area contributed by atoms with E-state index >= 15 is 0 Å². The fraction of sp³-hybridized carbons (Fsp3) is 0.622. The molecule has 2 aromatic rings. The summed E-state index contributed by atoms with van der Waals surface area (Å²) in [6.07, 6.45) is 0.764. The second-order valence-electron chi connectivity index (χ2n) is 11.1. The Morgan fingerprint density at radius 2 is 0.900 bits per heavy atom. The molecule has 0 spiro atoms. The van der Waals surface area contributed by atoms with E-state index in [1.54, 1.807) is 0 Å². The summed E-state index contributed by atoms with van der Waals surface area (Å²) < 4.78 is 54.2. The van der Waals surface area contributed by atoms with E-state index in [1.165, 1.54) is 22.3 Å². The SMILES string of the molecule is CCCC(=O)OCCOCCOCCOCCOCCOCCOCCOCCOCCNC(=O)OCC1c2ccccc2-c2ccccc21. The Morgan fingerprint density at radius 3 is 1.32 bits per heavy atom. The van der Waals surface area contributed by atoms with Gasteiger partial charge < -0.3 is 52.7 Å². The molecule has 0 aliphatic heterocycles. The number of carbonyl (C=O) groups is 2. The molecule has 0 heterocycles. The van der Waals surface area contributed by atoms with E-state index in [9.17, 15) is 9.59 Å². The predicted molar refractivity (Wildman–Crippen MR) is 185 cm³/mol. The third-order valence-electron chi connectivity index (χ3n) is 7.41. The highest BCUT2D eigenvalue weighted by Gasteiger charge is 2.28. The zero-order chi connectivity index (χ0) is 35.3. The Labute approximate surface area is 296 Å². The summed E-state index contributed by atoms with van der Waals surface area (Å²) in [7, 11) is 0. The summed E-state index contributed by atoms with van der Waals surface area (Å²) in [6, 6.07) is 16.5. The summed E-state index contributed by atoms with van der Waals surface area (Å²) in [5.74, 6) is -0.157. The highest BCUT2D eigenvalue weighted by molar-refractivity contribution is 5.79. The third-order valence-corrected chi connectivity index (χ3v) is 7.41. The van der Waals surface area contributed by atoms with Crippen molar-refractivity contribution in [2.75, 3.05) is 125 Å². The van der Waals surface area contributed by atoms with Crippen LogP contribution in [-0.2, 0) is 52.2 Å². The first-order valence-electron chi connectivity index (χ1n) is 17.6. The molecule has 13 heteroatoms. The lowest BCUT2D eigenvalue weighted by Crippen LogP contribution is -2.29. The van der Waals surface area contributed by atoms with Crippen LogP contribution in [0.4, 0.5) is 4.79 Å². The molecule has 0 radical (unpaired) electrons. The van der Waals surface area contributed by atoms with Gasteiger partial charge in [0.15, 0.2) is 0 Å². The van der Waals surface area contributed by atoms with Gasteiger partial charge in [-0.15, -0.1) is 0 Å². The molecule has 0 aromatic heterocycles. The van der Waals surface area contributed by atoms with Crippen molar-refractivity contribution in [1.29, 1.82) is 0 Å². The van der Waals surface area contributed by atoms with Gasteiger partial charge in [0.1, 0.15) is 13.2 Å². The largest absolute Gasteiger partial charge is 0.463 e. The molecule has 0 saturated heterocycles. The van der Waals surface area contributed by atoms with E-state index in [-0.39, 0.29) is 25.1 Å². The number of hydrogen-bond acceptors (Lipinski definition) is 12. The second kappa shape index (κ2) is 27.6. The quantitative estimate of drug-likeness (QED) is 0.0897. The van der Waals surface area contributed by atoms with Gasteiger partial charge in [0, 0.05) is 18.9 Å². The lowest BCUT2D eigenvalue weighted by atomic mass is 9.98. The maximum absolute atomic E-state index is 12.2. The first kappa shape index (κ1) is 41.3. The van der Waals surface area contributed by atoms with Crippen molar-refractivity contribution >= 4 is 12.1 Å². The Balaban J connectivity index is 0.978. The molecule has 2 aromatic carbocycles. The lowest BCUT2D eigenvalue weighted by Gasteiger charge is -2.14. The van der Waals surface area contributed by atoms with Crippen molar-refractivity contribution in [3.05, 3.63) is 59.7 Å². The maximum atomic E-state index is 12.2. The molecule has 0 fully saturated rings. The second-order valence-corrected chi connectivity index (χ2v) is 11.1. The molecule has 280 valence electrons. The van der Waals surface area contributed by atoms with Crippen LogP contribution in [0.5, 0.6) is 0 Å². The minimum absolute atomic E-state index is 0.0358. The fourth-order valence-corrected chi connectivity index (χ4v) is 5.01. The Hall–Kier alpha value is -3.14. The lowest BCUT2D eigenvalue weighted by molar-refractivity contribution is -0.145. The fourth-order valence-electron chi connectivity index (χ4n) is 5.01. The van der Waals surface area contributed by atoms with E-state index in [0.29, 0.717) is 119 Å². The Kier molecular flexibility index (Phi) is 22.8. The monoisotopic (exact) mass is 705 g/mol. The van der Waals surface area contributed by atoms with Crippen molar-refractivity contribution in [2.24, 2.45) is 0 Å². The van der Waals surface area contributed by atoms with Crippen LogP contribution in [0.3, 0.4) is 0 Å². The standard InChI is InChI=1S/C37H55NO12/c1-2-7-36(39)49-29-28-48-27-26-47-25-24-46-23-22-45-21-20-44-19-18-43-17-16-42-15-14-41-13-12-38-37(40)50-30-35-33-10-5-3-8-31(33)32-9-4-6-11-34(32)35/h3-6,8-11,35H,2,7,12-30H2,1H3,(H,38,40). The van der Waals surface area contributed by atoms with E-state index in [1.807, 2.05) is 31.2 Å². The van der Waals surface area contributed by atoms with Gasteiger partial charge in [-0.25, -0.2) is 4.79 Å². The number of rotatable bonds is 31. The summed E-state index contributed by atoms with van der Waals surface area (Å²) >= 11 is 0. The van der Waals surface area contributed by atoms with Gasteiger partial charge in [-0.2, -0.15) is 0 Å². The number of alkyl carbamates (subject to hydrolysis) is 1. The average molecular weight is 706 g/mol. The number of nitrogens with one attached hydrogen (secondary N) is 1. The van der Waals surface area contributed by atoms with Gasteiger partial charge in [-0.05, 0) is 28.7 Å². The molecule has 0 saturated carbocycles. The molecule has 50 heavy (non-hydrogen) atoms. The molecule has 1 aliphatic rings. The van der Waals surface area contributed by atoms with Crippen molar-refractivity contribution in [3.8, 4) is 11.1 Å². The van der Waals surface area contributed by atoms with E-state index in [2.05, 4.69) is 29.6 Å². The molecule has 0 bridgehead atoms. The summed E-state index contributed by atoms with van der Waals surface area (Å²) in [5, 5.41) is 2.74. The highest BCUT2D eigenvalue weighted by Crippen LogP contribution is 2.44. The van der Waals surface area contributed by atoms with Gasteiger partial charge >= 0.3 is 12.1 Å². The van der Waals surface area contributed by atoms with E-state index < -0.39 is 6.09 Å². The van der Waals surface area contributed by atoms with Gasteiger partial charge in [0.2, 0.25) is 0 Å². The number of carbonyl (C=O) groups excluding carboxylic acids is 2. The van der Waals surface area contributed by atoms with Gasteiger partial charge in [0.25, 0.3) is 0 Å². The third kappa shape index (κ3) is 17.7. The summed E-state index contributed by atoms with van der Waals surface area (Å²) in [5.41, 5.74) is 4.77. The maximum Gasteiger partial charge on any atom is 0.407 e. The topological polar surface area (TPSA) is 138 Å². The number of fused-ring (bicyclic) bond motifs is 3. The highest BCUT2D eigenvalue weighted by atomic mass is 16.6. The molecule has 0 unspecified atom stereocenters. The first-order chi connectivity index (χ1) is 24.7. The zero-order valence-electron chi connectivity index (χ0n) is 29.4. The average Bonchev–Trinajstić information content (AvgIpc) is 3.45. The zero-order valence-corrected chi connectivity index (χ0v) is 29.4. The molecule has 1 N–H and O–H groups in total. The number of benzene rings is 2. The van der Waals surface area contributed by atoms with Crippen molar-refractivity contribution in [2.45, 2.75) is 25.7 Å². The minimum atomic E-state index is -0.454. The molecular weight excluding hydrogens is 650 g/mol. The number of amides is 1. The molecule has 1 aliphatic carbocycles. The van der Waals surface area contributed by atoms with Crippen molar-refractivity contribution in [3.63, 3.8) is 0 Å². The minimum Gasteiger partial charge on any atom is -0.463 e. The van der Waals surface area contributed by atoms with Gasteiger partial charge in [-0.3, -0.25) is 4.79 Å². The summed E-state index contributed by atoms with van der Waals surface area (Å²) in [6.45, 7) is 10.1. The molecule has 0 atom stereocenters. The number of esters is 1. The van der Waals surface area contributed by atoms with Gasteiger partial charge in [0.05, 0.1) is 106 Å². The van der Waals surface area contributed by atoms with Crippen LogP contribution in [0.2, 0.25) is 0 Å². The van der Waals surface area contributed by atoms with E-state index in [0.717, 1.165) is 6.42 Å². The number of ether oxygens (including phenoxy) is 10. The van der Waals surface area contributed by atoms with Crippen molar-refractivity contribution < 1.29 is 57.0 Å². The molecule has 13 nitrogen and oxygen atoms in total. The van der Waals surface area contributed by atoms with Crippen LogP contribution >= 0.6 is 0 Å². The summed E-state index contributed by atoms with van der Waals surface area (Å²) in [4.78, 5) is 23.4. The van der Waals surface area contributed by atoms with Crippen LogP contribution < -0.4 is 5.32 Å². The Morgan fingerprint density at radius 1 is 0.520 bits per heavy atom. The van der Waals surface area contributed by atoms with E-state index in [4.69, 9.17) is 47.4 Å². The smallest absolute Gasteiger partial charge is 0.407 e. The van der Waals surface area contributed by atoms with Crippen LogP contribution in [-0.4, -0.2) is 138 Å². The van der Waals surface area contributed by atoms with Crippen LogP contribution in [0.15, 0.2) is 48.5 Å². The van der Waals surface area contributed by atoms with Gasteiger partial charge in [-0.1, -0.05) is 55.5 Å². The predicted octanol–water partition coefficient (Wildman–Crippen LogP) is 4.00. The number of hydrogen-bond donors (Lipinski definition) is 1. The Bertz CT molecular complexity index is 1140.